The fourth-order valence-corrected chi connectivity index (χ4v) is 4.65. The summed E-state index contributed by atoms with van der Waals surface area (Å²) >= 11 is 0. The second-order valence-corrected chi connectivity index (χ2v) is 6.79. The molecule has 3 aliphatic rings. The molecule has 0 spiro atoms. The minimum atomic E-state index is -0.474. The third-order valence-corrected chi connectivity index (χ3v) is 5.68. The number of carbonyl (C=O) groups excluding carboxylic acids is 2. The van der Waals surface area contributed by atoms with E-state index in [-0.39, 0.29) is 41.2 Å². The van der Waals surface area contributed by atoms with Crippen molar-refractivity contribution in [2.75, 3.05) is 4.90 Å². The van der Waals surface area contributed by atoms with Crippen molar-refractivity contribution in [2.24, 2.45) is 23.7 Å². The number of nitro benzene ring substituents is 1. The predicted molar refractivity (Wildman–Crippen MR) is 88.6 cm³/mol. The number of fused-ring (bicyclic) bond motifs is 6. The Morgan fingerprint density at radius 2 is 1.72 bits per heavy atom. The van der Waals surface area contributed by atoms with E-state index in [4.69, 9.17) is 0 Å². The fraction of sp³-hybridized carbons (Fsp3) is 0.278. The third-order valence-electron chi connectivity index (χ3n) is 5.68. The molecule has 2 amide bonds. The molecule has 1 aromatic heterocycles. The van der Waals surface area contributed by atoms with Crippen LogP contribution in [0.15, 0.2) is 42.7 Å². The number of benzene rings is 1. The summed E-state index contributed by atoms with van der Waals surface area (Å²) in [5.74, 6) is -0.761. The summed E-state index contributed by atoms with van der Waals surface area (Å²) in [6.07, 6.45) is 7.88. The molecule has 1 saturated carbocycles. The Bertz CT molecular complexity index is 969. The molecule has 2 bridgehead atoms. The maximum Gasteiger partial charge on any atom is 0.277 e. The number of allylic oxidation sites excluding steroid dienone is 2. The Balaban J connectivity index is 1.68. The number of amides is 2. The highest BCUT2D eigenvalue weighted by molar-refractivity contribution is 6.25. The molecule has 0 radical (unpaired) electrons. The predicted octanol–water partition coefficient (Wildman–Crippen LogP) is 2.45. The zero-order valence-corrected chi connectivity index (χ0v) is 13.0. The molecule has 5 rings (SSSR count). The maximum atomic E-state index is 13.0. The topological polar surface area (TPSA) is 93.4 Å². The number of carbonyl (C=O) groups is 2. The molecule has 0 N–H and O–H groups in total. The maximum absolute atomic E-state index is 13.0. The van der Waals surface area contributed by atoms with Gasteiger partial charge in [-0.25, -0.2) is 4.90 Å². The number of aromatic nitrogens is 1. The van der Waals surface area contributed by atoms with Gasteiger partial charge in [0.05, 0.1) is 27.8 Å². The van der Waals surface area contributed by atoms with Gasteiger partial charge in [-0.3, -0.25) is 24.7 Å². The number of rotatable bonds is 2. The summed E-state index contributed by atoms with van der Waals surface area (Å²) in [4.78, 5) is 42.0. The van der Waals surface area contributed by atoms with Gasteiger partial charge in [-0.1, -0.05) is 12.2 Å². The van der Waals surface area contributed by atoms with E-state index < -0.39 is 4.92 Å². The van der Waals surface area contributed by atoms with Crippen LogP contribution in [0.2, 0.25) is 0 Å². The highest BCUT2D eigenvalue weighted by Gasteiger charge is 2.59. The number of nitrogens with zero attached hydrogens (tertiary/aromatic N) is 3. The van der Waals surface area contributed by atoms with E-state index in [2.05, 4.69) is 4.98 Å². The first-order chi connectivity index (χ1) is 12.1. The zero-order chi connectivity index (χ0) is 17.3. The van der Waals surface area contributed by atoms with Gasteiger partial charge in [0.2, 0.25) is 11.8 Å². The van der Waals surface area contributed by atoms with Crippen molar-refractivity contribution in [1.29, 1.82) is 0 Å². The largest absolute Gasteiger partial charge is 0.277 e. The van der Waals surface area contributed by atoms with Crippen molar-refractivity contribution in [3.05, 3.63) is 52.9 Å². The van der Waals surface area contributed by atoms with Crippen molar-refractivity contribution in [3.63, 3.8) is 0 Å². The fourth-order valence-electron chi connectivity index (χ4n) is 4.65. The second kappa shape index (κ2) is 4.72. The van der Waals surface area contributed by atoms with E-state index in [1.165, 1.54) is 35.5 Å². The Labute approximate surface area is 142 Å². The monoisotopic (exact) mass is 335 g/mol. The van der Waals surface area contributed by atoms with Gasteiger partial charge in [-0.05, 0) is 30.4 Å². The van der Waals surface area contributed by atoms with Crippen LogP contribution < -0.4 is 4.90 Å². The first-order valence-corrected chi connectivity index (χ1v) is 8.15. The molecule has 4 atom stereocenters. The molecule has 7 heteroatoms. The molecule has 1 saturated heterocycles. The summed E-state index contributed by atoms with van der Waals surface area (Å²) in [6, 6.07) is 4.36. The molecule has 4 unspecified atom stereocenters. The highest BCUT2D eigenvalue weighted by atomic mass is 16.6. The van der Waals surface area contributed by atoms with Gasteiger partial charge >= 0.3 is 0 Å². The molecule has 2 aromatic rings. The number of hydrogen-bond acceptors (Lipinski definition) is 5. The summed E-state index contributed by atoms with van der Waals surface area (Å²) in [5.41, 5.74) is 0.319. The Kier molecular flexibility index (Phi) is 2.69. The average molecular weight is 335 g/mol. The van der Waals surface area contributed by atoms with Gasteiger partial charge in [0.15, 0.2) is 0 Å². The van der Waals surface area contributed by atoms with Crippen molar-refractivity contribution >= 4 is 34.0 Å². The molecule has 25 heavy (non-hydrogen) atoms. The van der Waals surface area contributed by atoms with Gasteiger partial charge in [0.25, 0.3) is 5.69 Å². The Hall–Kier alpha value is -3.09. The van der Waals surface area contributed by atoms with Crippen molar-refractivity contribution in [2.45, 2.75) is 6.42 Å². The van der Waals surface area contributed by atoms with Crippen molar-refractivity contribution < 1.29 is 14.5 Å². The molecule has 2 fully saturated rings. The first-order valence-electron chi connectivity index (χ1n) is 8.15. The molecule has 124 valence electrons. The van der Waals surface area contributed by atoms with E-state index in [1.807, 2.05) is 12.2 Å². The Morgan fingerprint density at radius 3 is 2.36 bits per heavy atom. The molecule has 7 nitrogen and oxygen atoms in total. The zero-order valence-electron chi connectivity index (χ0n) is 13.0. The average Bonchev–Trinajstić information content (AvgIpc) is 3.28. The van der Waals surface area contributed by atoms with Crippen LogP contribution in [-0.2, 0) is 9.59 Å². The SMILES string of the molecule is O=C1C2C3C=CC(C3)C2C(=O)N1c1ccc([N+](=O)[O-])c2ccncc12. The van der Waals surface area contributed by atoms with Crippen LogP contribution in [0.4, 0.5) is 11.4 Å². The van der Waals surface area contributed by atoms with E-state index in [9.17, 15) is 19.7 Å². The van der Waals surface area contributed by atoms with Gasteiger partial charge in [0, 0.05) is 23.8 Å². The van der Waals surface area contributed by atoms with Gasteiger partial charge in [-0.2, -0.15) is 0 Å². The van der Waals surface area contributed by atoms with Crippen LogP contribution in [0.5, 0.6) is 0 Å². The number of non-ortho nitro benzene ring substituents is 1. The molecule has 2 heterocycles. The smallest absolute Gasteiger partial charge is 0.274 e. The van der Waals surface area contributed by atoms with Gasteiger partial charge in [-0.15, -0.1) is 0 Å². The van der Waals surface area contributed by atoms with Crippen LogP contribution in [0.1, 0.15) is 6.42 Å². The van der Waals surface area contributed by atoms with Crippen LogP contribution >= 0.6 is 0 Å². The lowest BCUT2D eigenvalue weighted by atomic mass is 9.85. The minimum Gasteiger partial charge on any atom is -0.274 e. The molecule has 2 aliphatic carbocycles. The second-order valence-electron chi connectivity index (χ2n) is 6.79. The summed E-state index contributed by atoms with van der Waals surface area (Å²) in [5, 5.41) is 12.1. The lowest BCUT2D eigenvalue weighted by Crippen LogP contribution is -2.33. The third kappa shape index (κ3) is 1.72. The lowest BCUT2D eigenvalue weighted by molar-refractivity contribution is -0.383. The standard InChI is InChI=1S/C18H13N3O4/c22-17-15-9-1-2-10(7-9)16(15)18(23)20(17)13-3-4-14(21(24)25)11-5-6-19-8-12(11)13/h1-6,8-10,15-16H,7H2. The number of imide groups is 1. The number of nitro groups is 1. The normalized spacial score (nSPS) is 29.7. The van der Waals surface area contributed by atoms with Crippen molar-refractivity contribution in [3.8, 4) is 0 Å². The van der Waals surface area contributed by atoms with Crippen LogP contribution in [0, 0.1) is 33.8 Å². The quantitative estimate of drug-likeness (QED) is 0.364. The van der Waals surface area contributed by atoms with Crippen LogP contribution in [0.25, 0.3) is 10.8 Å². The molecule has 1 aromatic carbocycles. The summed E-state index contributed by atoms with van der Waals surface area (Å²) in [6.45, 7) is 0. The molecular formula is C18H13N3O4. The number of hydrogen-bond donors (Lipinski definition) is 0. The number of pyridine rings is 1. The van der Waals surface area contributed by atoms with Crippen LogP contribution in [0.3, 0.4) is 0 Å². The summed E-state index contributed by atoms with van der Waals surface area (Å²) < 4.78 is 0. The summed E-state index contributed by atoms with van der Waals surface area (Å²) in [7, 11) is 0. The highest BCUT2D eigenvalue weighted by Crippen LogP contribution is 2.53. The first kappa shape index (κ1) is 14.3. The number of anilines is 1. The van der Waals surface area contributed by atoms with E-state index in [0.29, 0.717) is 16.5 Å². The van der Waals surface area contributed by atoms with Gasteiger partial charge < -0.3 is 0 Å². The minimum absolute atomic E-state index is 0.0674. The van der Waals surface area contributed by atoms with Gasteiger partial charge in [0.1, 0.15) is 0 Å². The van der Waals surface area contributed by atoms with Crippen LogP contribution in [-0.4, -0.2) is 21.7 Å². The molecular weight excluding hydrogens is 322 g/mol. The Morgan fingerprint density at radius 1 is 1.04 bits per heavy atom. The van der Waals surface area contributed by atoms with E-state index >= 15 is 0 Å². The van der Waals surface area contributed by atoms with Crippen molar-refractivity contribution in [1.82, 2.24) is 4.98 Å². The van der Waals surface area contributed by atoms with E-state index in [1.54, 1.807) is 0 Å². The van der Waals surface area contributed by atoms with E-state index in [0.717, 1.165) is 6.42 Å². The molecule has 1 aliphatic heterocycles. The lowest BCUT2D eigenvalue weighted by Gasteiger charge is -2.19.